The number of aryl methyl sites for hydroxylation is 3. The molecular weight excluding hydrogens is 320 g/mol. The Kier molecular flexibility index (Phi) is 4.43. The van der Waals surface area contributed by atoms with Crippen LogP contribution in [0.4, 0.5) is 0 Å². The highest BCUT2D eigenvalue weighted by molar-refractivity contribution is 5.93. The van der Waals surface area contributed by atoms with Crippen molar-refractivity contribution in [2.45, 2.75) is 40.3 Å². The Bertz CT molecular complexity index is 904. The summed E-state index contributed by atoms with van der Waals surface area (Å²) < 4.78 is 8.86. The normalized spacial score (nSPS) is 12.4. The highest BCUT2D eigenvalue weighted by Gasteiger charge is 2.21. The first-order chi connectivity index (χ1) is 11.9. The molecule has 0 saturated heterocycles. The first kappa shape index (κ1) is 16.9. The molecule has 132 valence electrons. The molecule has 1 amide bonds. The number of rotatable bonds is 5. The van der Waals surface area contributed by atoms with Gasteiger partial charge in [0.25, 0.3) is 5.91 Å². The summed E-state index contributed by atoms with van der Waals surface area (Å²) in [4.78, 5) is 12.5. The summed E-state index contributed by atoms with van der Waals surface area (Å²) in [5, 5.41) is 15.4. The second kappa shape index (κ2) is 6.54. The van der Waals surface area contributed by atoms with Crippen LogP contribution in [0, 0.1) is 13.8 Å². The van der Waals surface area contributed by atoms with Gasteiger partial charge in [-0.15, -0.1) is 0 Å². The lowest BCUT2D eigenvalue weighted by Gasteiger charge is -2.14. The van der Waals surface area contributed by atoms with Gasteiger partial charge >= 0.3 is 0 Å². The van der Waals surface area contributed by atoms with Crippen LogP contribution in [0.15, 0.2) is 23.0 Å². The largest absolute Gasteiger partial charge is 0.355 e. The Labute approximate surface area is 145 Å². The van der Waals surface area contributed by atoms with Crippen LogP contribution in [0.5, 0.6) is 0 Å². The topological polar surface area (TPSA) is 90.8 Å². The molecule has 0 bridgehead atoms. The number of carbonyl (C=O) groups excluding carboxylic acids is 1. The smallest absolute Gasteiger partial charge is 0.273 e. The van der Waals surface area contributed by atoms with Crippen molar-refractivity contribution in [2.24, 2.45) is 7.05 Å². The van der Waals surface area contributed by atoms with Gasteiger partial charge in [0.05, 0.1) is 23.5 Å². The third-order valence-corrected chi connectivity index (χ3v) is 4.25. The van der Waals surface area contributed by atoms with E-state index in [9.17, 15) is 4.79 Å². The molecule has 0 fully saturated rings. The summed E-state index contributed by atoms with van der Waals surface area (Å²) in [5.74, 6) is 0.228. The molecule has 0 radical (unpaired) electrons. The minimum absolute atomic E-state index is 0.175. The van der Waals surface area contributed by atoms with Crippen molar-refractivity contribution in [2.75, 3.05) is 0 Å². The minimum Gasteiger partial charge on any atom is -0.355 e. The summed E-state index contributed by atoms with van der Waals surface area (Å²) >= 11 is 0. The fraction of sp³-hybridized carbons (Fsp3) is 0.412. The molecular formula is C17H22N6O2. The molecule has 1 N–H and O–H groups in total. The molecule has 0 aliphatic rings. The second-order valence-corrected chi connectivity index (χ2v) is 6.07. The molecule has 8 nitrogen and oxygen atoms in total. The van der Waals surface area contributed by atoms with E-state index >= 15 is 0 Å². The summed E-state index contributed by atoms with van der Waals surface area (Å²) in [6.07, 6.45) is 3.47. The van der Waals surface area contributed by atoms with Gasteiger partial charge in [-0.05, 0) is 27.7 Å². The Morgan fingerprint density at radius 3 is 2.76 bits per heavy atom. The molecule has 3 heterocycles. The van der Waals surface area contributed by atoms with Crippen LogP contribution in [0.3, 0.4) is 0 Å². The number of nitrogens with one attached hydrogen (secondary N) is 1. The maximum absolute atomic E-state index is 12.5. The van der Waals surface area contributed by atoms with Gasteiger partial charge in [0.15, 0.2) is 11.5 Å². The van der Waals surface area contributed by atoms with Crippen molar-refractivity contribution in [1.29, 1.82) is 0 Å². The third kappa shape index (κ3) is 3.19. The third-order valence-electron chi connectivity index (χ3n) is 4.25. The Hall–Kier alpha value is -2.90. The van der Waals surface area contributed by atoms with Crippen molar-refractivity contribution in [1.82, 2.24) is 30.0 Å². The zero-order valence-corrected chi connectivity index (χ0v) is 15.1. The average Bonchev–Trinajstić information content (AvgIpc) is 3.26. The number of carbonyl (C=O) groups is 1. The van der Waals surface area contributed by atoms with Gasteiger partial charge in [0, 0.05) is 37.1 Å². The van der Waals surface area contributed by atoms with Crippen LogP contribution in [0.25, 0.3) is 11.3 Å². The summed E-state index contributed by atoms with van der Waals surface area (Å²) in [7, 11) is 1.82. The van der Waals surface area contributed by atoms with Gasteiger partial charge in [-0.1, -0.05) is 5.16 Å². The highest BCUT2D eigenvalue weighted by atomic mass is 16.5. The van der Waals surface area contributed by atoms with Gasteiger partial charge in [0.2, 0.25) is 0 Å². The highest BCUT2D eigenvalue weighted by Crippen LogP contribution is 2.23. The molecule has 3 aromatic heterocycles. The Morgan fingerprint density at radius 1 is 1.40 bits per heavy atom. The number of amides is 1. The lowest BCUT2D eigenvalue weighted by atomic mass is 10.1. The predicted octanol–water partition coefficient (Wildman–Crippen LogP) is 2.40. The van der Waals surface area contributed by atoms with E-state index in [-0.39, 0.29) is 17.6 Å². The standard InChI is InChI=1S/C17H22N6O2/c1-6-23-12(4)16(11(3)20-23)10(2)19-17(24)14-7-15(25-21-14)13-8-18-22(5)9-13/h7-10H,6H2,1-5H3,(H,19,24)/t10-/m1/s1. The molecule has 8 heteroatoms. The summed E-state index contributed by atoms with van der Waals surface area (Å²) in [6, 6.07) is 1.44. The van der Waals surface area contributed by atoms with E-state index in [0.29, 0.717) is 5.76 Å². The van der Waals surface area contributed by atoms with Crippen molar-refractivity contribution < 1.29 is 9.32 Å². The zero-order valence-electron chi connectivity index (χ0n) is 15.1. The van der Waals surface area contributed by atoms with Crippen molar-refractivity contribution in [3.8, 4) is 11.3 Å². The molecule has 0 aromatic carbocycles. The average molecular weight is 342 g/mol. The van der Waals surface area contributed by atoms with E-state index in [1.54, 1.807) is 23.1 Å². The Morgan fingerprint density at radius 2 is 2.16 bits per heavy atom. The van der Waals surface area contributed by atoms with Gasteiger partial charge in [-0.25, -0.2) is 0 Å². The van der Waals surface area contributed by atoms with E-state index in [1.807, 2.05) is 39.4 Å². The van der Waals surface area contributed by atoms with Crippen LogP contribution in [-0.2, 0) is 13.6 Å². The lowest BCUT2D eigenvalue weighted by molar-refractivity contribution is 0.0930. The lowest BCUT2D eigenvalue weighted by Crippen LogP contribution is -2.27. The molecule has 3 aromatic rings. The second-order valence-electron chi connectivity index (χ2n) is 6.07. The fourth-order valence-corrected chi connectivity index (χ4v) is 3.05. The van der Waals surface area contributed by atoms with Crippen LogP contribution in [0.2, 0.25) is 0 Å². The van der Waals surface area contributed by atoms with Crippen LogP contribution < -0.4 is 5.32 Å². The van der Waals surface area contributed by atoms with Crippen LogP contribution >= 0.6 is 0 Å². The Balaban J connectivity index is 1.76. The molecule has 0 aliphatic heterocycles. The van der Waals surface area contributed by atoms with Crippen molar-refractivity contribution in [3.05, 3.63) is 41.1 Å². The van der Waals surface area contributed by atoms with Crippen LogP contribution in [-0.4, -0.2) is 30.6 Å². The molecule has 0 spiro atoms. The molecule has 0 aliphatic carbocycles. The number of hydrogen-bond acceptors (Lipinski definition) is 5. The van der Waals surface area contributed by atoms with Gasteiger partial charge < -0.3 is 9.84 Å². The summed E-state index contributed by atoms with van der Waals surface area (Å²) in [5.41, 5.74) is 4.03. The van der Waals surface area contributed by atoms with Crippen molar-refractivity contribution in [3.63, 3.8) is 0 Å². The zero-order chi connectivity index (χ0) is 18.1. The maximum atomic E-state index is 12.5. The van der Waals surface area contributed by atoms with Crippen molar-refractivity contribution >= 4 is 5.91 Å². The molecule has 1 atom stereocenters. The number of hydrogen-bond donors (Lipinski definition) is 1. The first-order valence-electron chi connectivity index (χ1n) is 8.21. The van der Waals surface area contributed by atoms with E-state index in [4.69, 9.17) is 4.52 Å². The molecule has 25 heavy (non-hydrogen) atoms. The van der Waals surface area contributed by atoms with Crippen LogP contribution in [0.1, 0.15) is 47.3 Å². The van der Waals surface area contributed by atoms with Gasteiger partial charge in [0.1, 0.15) is 0 Å². The SMILES string of the molecule is CCn1nc(C)c([C@@H](C)NC(=O)c2cc(-c3cnn(C)c3)on2)c1C. The molecule has 3 rings (SSSR count). The first-order valence-corrected chi connectivity index (χ1v) is 8.21. The maximum Gasteiger partial charge on any atom is 0.273 e. The van der Waals surface area contributed by atoms with E-state index in [0.717, 1.165) is 29.1 Å². The fourth-order valence-electron chi connectivity index (χ4n) is 3.05. The quantitative estimate of drug-likeness (QED) is 0.769. The predicted molar refractivity (Wildman–Crippen MR) is 92.0 cm³/mol. The van der Waals surface area contributed by atoms with E-state index in [1.165, 1.54) is 0 Å². The number of nitrogens with zero attached hydrogens (tertiary/aromatic N) is 5. The monoisotopic (exact) mass is 342 g/mol. The van der Waals surface area contributed by atoms with E-state index < -0.39 is 0 Å². The summed E-state index contributed by atoms with van der Waals surface area (Å²) in [6.45, 7) is 8.75. The van der Waals surface area contributed by atoms with Gasteiger partial charge in [-0.2, -0.15) is 10.2 Å². The molecule has 0 unspecified atom stereocenters. The molecule has 0 saturated carbocycles. The number of aromatic nitrogens is 5. The van der Waals surface area contributed by atoms with Gasteiger partial charge in [-0.3, -0.25) is 14.2 Å². The van der Waals surface area contributed by atoms with E-state index in [2.05, 4.69) is 20.7 Å². The minimum atomic E-state index is -0.283.